The third kappa shape index (κ3) is 2.35. The van der Waals surface area contributed by atoms with E-state index in [0.717, 1.165) is 16.8 Å². The number of aromatic nitrogens is 3. The molecule has 0 unspecified atom stereocenters. The number of nitrogens with one attached hydrogen (secondary N) is 1. The molecule has 0 aliphatic rings. The number of rotatable bonds is 2. The van der Waals surface area contributed by atoms with Crippen LogP contribution in [0.3, 0.4) is 0 Å². The minimum absolute atomic E-state index is 0.0696. The molecule has 0 aliphatic carbocycles. The number of pyridine rings is 1. The molecule has 0 aliphatic heterocycles. The molecule has 20 heavy (non-hydrogen) atoms. The Morgan fingerprint density at radius 2 is 1.95 bits per heavy atom. The lowest BCUT2D eigenvalue weighted by Gasteiger charge is -1.98. The van der Waals surface area contributed by atoms with Crippen molar-refractivity contribution in [2.45, 2.75) is 0 Å². The number of nitrogens with zero attached hydrogens (tertiary/aromatic N) is 2. The molecule has 0 bridgehead atoms. The van der Waals surface area contributed by atoms with Crippen molar-refractivity contribution in [3.63, 3.8) is 0 Å². The van der Waals surface area contributed by atoms with Gasteiger partial charge in [-0.05, 0) is 36.4 Å². The summed E-state index contributed by atoms with van der Waals surface area (Å²) in [5.74, 6) is -0.0171. The zero-order chi connectivity index (χ0) is 14.1. The van der Waals surface area contributed by atoms with E-state index < -0.39 is 5.82 Å². The Balaban J connectivity index is 1.99. The first-order valence-electron chi connectivity index (χ1n) is 5.86. The summed E-state index contributed by atoms with van der Waals surface area (Å²) in [7, 11) is 0. The Morgan fingerprint density at radius 1 is 1.10 bits per heavy atom. The number of benzene rings is 1. The molecule has 0 saturated carbocycles. The van der Waals surface area contributed by atoms with Gasteiger partial charge in [-0.15, -0.1) is 0 Å². The van der Waals surface area contributed by atoms with E-state index in [2.05, 4.69) is 15.2 Å². The van der Waals surface area contributed by atoms with Crippen LogP contribution in [-0.4, -0.2) is 15.2 Å². The summed E-state index contributed by atoms with van der Waals surface area (Å²) in [4.78, 5) is 3.94. The van der Waals surface area contributed by atoms with Crippen molar-refractivity contribution in [2.24, 2.45) is 0 Å². The van der Waals surface area contributed by atoms with E-state index in [1.54, 1.807) is 18.3 Å². The van der Waals surface area contributed by atoms with Crippen LogP contribution >= 0.6 is 11.6 Å². The third-order valence-electron chi connectivity index (χ3n) is 2.89. The maximum Gasteiger partial charge on any atom is 0.141 e. The van der Waals surface area contributed by atoms with Gasteiger partial charge in [0.2, 0.25) is 0 Å². The van der Waals surface area contributed by atoms with Gasteiger partial charge >= 0.3 is 0 Å². The molecule has 3 N–H and O–H groups in total. The number of nitrogen functional groups attached to an aromatic ring is 1. The number of nitrogens with two attached hydrogens (primary N) is 1. The van der Waals surface area contributed by atoms with Gasteiger partial charge < -0.3 is 5.73 Å². The van der Waals surface area contributed by atoms with Gasteiger partial charge in [-0.25, -0.2) is 9.37 Å². The van der Waals surface area contributed by atoms with Crippen LogP contribution in [-0.2, 0) is 0 Å². The summed E-state index contributed by atoms with van der Waals surface area (Å²) in [5, 5.41) is 7.18. The maximum atomic E-state index is 13.1. The predicted molar refractivity (Wildman–Crippen MR) is 76.6 cm³/mol. The van der Waals surface area contributed by atoms with Gasteiger partial charge in [-0.2, -0.15) is 5.10 Å². The van der Waals surface area contributed by atoms with E-state index >= 15 is 0 Å². The lowest BCUT2D eigenvalue weighted by Crippen LogP contribution is -1.89. The van der Waals surface area contributed by atoms with E-state index in [1.807, 2.05) is 12.1 Å². The molecule has 0 amide bonds. The average Bonchev–Trinajstić information content (AvgIpc) is 2.92. The van der Waals surface area contributed by atoms with Crippen molar-refractivity contribution < 1.29 is 4.39 Å². The minimum Gasteiger partial charge on any atom is -0.384 e. The molecule has 3 rings (SSSR count). The van der Waals surface area contributed by atoms with Crippen molar-refractivity contribution in [2.75, 3.05) is 5.73 Å². The van der Waals surface area contributed by atoms with Crippen LogP contribution in [0.1, 0.15) is 0 Å². The topological polar surface area (TPSA) is 67.6 Å². The minimum atomic E-state index is -0.451. The van der Waals surface area contributed by atoms with Crippen molar-refractivity contribution in [3.8, 4) is 22.5 Å². The standard InChI is InChI=1S/C14H10ClFN4/c15-10-5-8(1-2-11(10)16)12-7-13(20-19-12)9-3-4-18-14(17)6-9/h1-7H,(H2,17,18)(H,19,20). The number of halogens is 2. The van der Waals surface area contributed by atoms with E-state index in [1.165, 1.54) is 12.1 Å². The molecule has 100 valence electrons. The molecule has 0 spiro atoms. The highest BCUT2D eigenvalue weighted by atomic mass is 35.5. The second kappa shape index (κ2) is 4.94. The summed E-state index contributed by atoms with van der Waals surface area (Å²) in [6, 6.07) is 9.90. The van der Waals surface area contributed by atoms with Gasteiger partial charge in [0.1, 0.15) is 11.6 Å². The Morgan fingerprint density at radius 3 is 2.70 bits per heavy atom. The van der Waals surface area contributed by atoms with Crippen LogP contribution in [0, 0.1) is 5.82 Å². The van der Waals surface area contributed by atoms with Gasteiger partial charge in [0.05, 0.1) is 16.4 Å². The first-order chi connectivity index (χ1) is 9.63. The molecule has 2 heterocycles. The zero-order valence-corrected chi connectivity index (χ0v) is 11.0. The average molecular weight is 289 g/mol. The highest BCUT2D eigenvalue weighted by molar-refractivity contribution is 6.31. The summed E-state index contributed by atoms with van der Waals surface area (Å²) in [6.45, 7) is 0. The second-order valence-corrected chi connectivity index (χ2v) is 4.67. The molecule has 0 radical (unpaired) electrons. The Labute approximate surface area is 119 Å². The third-order valence-corrected chi connectivity index (χ3v) is 3.17. The molecule has 3 aromatic rings. The van der Waals surface area contributed by atoms with Gasteiger partial charge in [-0.1, -0.05) is 11.6 Å². The van der Waals surface area contributed by atoms with Crippen LogP contribution in [0.15, 0.2) is 42.6 Å². The molecule has 6 heteroatoms. The van der Waals surface area contributed by atoms with Crippen LogP contribution in [0.5, 0.6) is 0 Å². The number of hydrogen-bond donors (Lipinski definition) is 2. The van der Waals surface area contributed by atoms with E-state index in [4.69, 9.17) is 17.3 Å². The highest BCUT2D eigenvalue weighted by Gasteiger charge is 2.08. The molecular weight excluding hydrogens is 279 g/mol. The number of H-pyrrole nitrogens is 1. The first-order valence-corrected chi connectivity index (χ1v) is 6.24. The molecule has 0 fully saturated rings. The Hall–Kier alpha value is -2.40. The lowest BCUT2D eigenvalue weighted by molar-refractivity contribution is 0.628. The fraction of sp³-hybridized carbons (Fsp3) is 0. The quantitative estimate of drug-likeness (QED) is 0.758. The Bertz CT molecular complexity index is 769. The number of anilines is 1. The van der Waals surface area contributed by atoms with Gasteiger partial charge in [-0.3, -0.25) is 5.10 Å². The van der Waals surface area contributed by atoms with Gasteiger partial charge in [0.15, 0.2) is 0 Å². The smallest absolute Gasteiger partial charge is 0.141 e. The molecule has 0 saturated heterocycles. The number of hydrogen-bond acceptors (Lipinski definition) is 3. The lowest BCUT2D eigenvalue weighted by atomic mass is 10.1. The zero-order valence-electron chi connectivity index (χ0n) is 10.3. The SMILES string of the molecule is Nc1cc(-c2cc(-c3ccc(F)c(Cl)c3)n[nH]2)ccn1. The van der Waals surface area contributed by atoms with E-state index in [9.17, 15) is 4.39 Å². The van der Waals surface area contributed by atoms with E-state index in [0.29, 0.717) is 11.5 Å². The summed E-state index contributed by atoms with van der Waals surface area (Å²) >= 11 is 5.77. The van der Waals surface area contributed by atoms with Crippen LogP contribution in [0.4, 0.5) is 10.2 Å². The highest BCUT2D eigenvalue weighted by Crippen LogP contribution is 2.27. The molecule has 0 atom stereocenters. The molecule has 2 aromatic heterocycles. The Kier molecular flexibility index (Phi) is 3.12. The van der Waals surface area contributed by atoms with E-state index in [-0.39, 0.29) is 5.02 Å². The largest absolute Gasteiger partial charge is 0.384 e. The summed E-state index contributed by atoms with van der Waals surface area (Å²) in [6.07, 6.45) is 1.62. The fourth-order valence-electron chi connectivity index (χ4n) is 1.89. The van der Waals surface area contributed by atoms with Gasteiger partial charge in [0, 0.05) is 17.3 Å². The van der Waals surface area contributed by atoms with Crippen molar-refractivity contribution in [1.82, 2.24) is 15.2 Å². The molecular formula is C14H10ClFN4. The summed E-state index contributed by atoms with van der Waals surface area (Å²) < 4.78 is 13.1. The number of aromatic amines is 1. The van der Waals surface area contributed by atoms with Gasteiger partial charge in [0.25, 0.3) is 0 Å². The monoisotopic (exact) mass is 288 g/mol. The fourth-order valence-corrected chi connectivity index (χ4v) is 2.07. The predicted octanol–water partition coefficient (Wildman–Crippen LogP) is 3.51. The van der Waals surface area contributed by atoms with Crippen molar-refractivity contribution in [3.05, 3.63) is 53.4 Å². The van der Waals surface area contributed by atoms with Crippen molar-refractivity contribution >= 4 is 17.4 Å². The molecule has 1 aromatic carbocycles. The van der Waals surface area contributed by atoms with Crippen molar-refractivity contribution in [1.29, 1.82) is 0 Å². The normalized spacial score (nSPS) is 10.7. The van der Waals surface area contributed by atoms with Crippen LogP contribution in [0.25, 0.3) is 22.5 Å². The first kappa shape index (κ1) is 12.6. The maximum absolute atomic E-state index is 13.1. The molecule has 4 nitrogen and oxygen atoms in total. The van der Waals surface area contributed by atoms with Crippen LogP contribution < -0.4 is 5.73 Å². The summed E-state index contributed by atoms with van der Waals surface area (Å²) in [5.41, 5.74) is 8.74. The van der Waals surface area contributed by atoms with Crippen LogP contribution in [0.2, 0.25) is 5.02 Å². The second-order valence-electron chi connectivity index (χ2n) is 4.27.